The predicted molar refractivity (Wildman–Crippen MR) is 82.8 cm³/mol. The average molecular weight is 303 g/mol. The summed E-state index contributed by atoms with van der Waals surface area (Å²) in [6, 6.07) is 7.38. The van der Waals surface area contributed by atoms with Gasteiger partial charge in [-0.1, -0.05) is 0 Å². The van der Waals surface area contributed by atoms with Crippen molar-refractivity contribution in [3.63, 3.8) is 0 Å². The van der Waals surface area contributed by atoms with Gasteiger partial charge < -0.3 is 20.7 Å². The second-order valence-corrected chi connectivity index (χ2v) is 5.80. The quantitative estimate of drug-likeness (QED) is 0.755. The lowest BCUT2D eigenvalue weighted by atomic mass is 10.1. The molecule has 2 fully saturated rings. The molecule has 0 spiro atoms. The zero-order valence-corrected chi connectivity index (χ0v) is 12.4. The van der Waals surface area contributed by atoms with Crippen molar-refractivity contribution in [1.82, 2.24) is 10.6 Å². The van der Waals surface area contributed by atoms with Gasteiger partial charge in [0.05, 0.1) is 13.2 Å². The Kier molecular flexibility index (Phi) is 4.70. The van der Waals surface area contributed by atoms with E-state index >= 15 is 0 Å². The van der Waals surface area contributed by atoms with Gasteiger partial charge in [-0.15, -0.1) is 0 Å². The molecule has 2 amide bonds. The standard InChI is InChI=1S/C16H21N3O3/c20-15(9-14-10-22-8-7-17-14)18-12-3-1-11(2-4-12)16(21)19-13-5-6-13/h1-4,13-14,17H,5-10H2,(H,18,20)(H,19,21). The van der Waals surface area contributed by atoms with Crippen molar-refractivity contribution in [2.45, 2.75) is 31.3 Å². The van der Waals surface area contributed by atoms with Crippen LogP contribution < -0.4 is 16.0 Å². The van der Waals surface area contributed by atoms with E-state index < -0.39 is 0 Å². The molecule has 6 heteroatoms. The highest BCUT2D eigenvalue weighted by atomic mass is 16.5. The number of carbonyl (C=O) groups excluding carboxylic acids is 2. The molecule has 1 aliphatic heterocycles. The van der Waals surface area contributed by atoms with Crippen LogP contribution >= 0.6 is 0 Å². The van der Waals surface area contributed by atoms with Gasteiger partial charge in [0.1, 0.15) is 0 Å². The summed E-state index contributed by atoms with van der Waals surface area (Å²) in [7, 11) is 0. The Bertz CT molecular complexity index is 534. The van der Waals surface area contributed by atoms with Gasteiger partial charge in [0, 0.05) is 36.3 Å². The molecule has 2 aliphatic rings. The average Bonchev–Trinajstić information content (AvgIpc) is 3.33. The minimum Gasteiger partial charge on any atom is -0.378 e. The minimum absolute atomic E-state index is 0.0519. The fraction of sp³-hybridized carbons (Fsp3) is 0.500. The molecule has 3 N–H and O–H groups in total. The topological polar surface area (TPSA) is 79.5 Å². The molecule has 0 bridgehead atoms. The largest absolute Gasteiger partial charge is 0.378 e. The second-order valence-electron chi connectivity index (χ2n) is 5.80. The third-order valence-corrected chi connectivity index (χ3v) is 3.77. The number of hydrogen-bond donors (Lipinski definition) is 3. The number of hydrogen-bond acceptors (Lipinski definition) is 4. The lowest BCUT2D eigenvalue weighted by molar-refractivity contribution is -0.117. The lowest BCUT2D eigenvalue weighted by Crippen LogP contribution is -2.43. The van der Waals surface area contributed by atoms with E-state index in [0.717, 1.165) is 19.4 Å². The number of amides is 2. The third-order valence-electron chi connectivity index (χ3n) is 3.77. The Hall–Kier alpha value is -1.92. The van der Waals surface area contributed by atoms with Crippen molar-refractivity contribution < 1.29 is 14.3 Å². The number of rotatable bonds is 5. The molecular weight excluding hydrogens is 282 g/mol. The summed E-state index contributed by atoms with van der Waals surface area (Å²) in [5, 5.41) is 9.02. The van der Waals surface area contributed by atoms with Crippen molar-refractivity contribution in [1.29, 1.82) is 0 Å². The molecule has 1 atom stereocenters. The van der Waals surface area contributed by atoms with E-state index in [1.54, 1.807) is 24.3 Å². The molecule has 22 heavy (non-hydrogen) atoms. The fourth-order valence-corrected chi connectivity index (χ4v) is 2.39. The Morgan fingerprint density at radius 1 is 1.23 bits per heavy atom. The number of benzene rings is 1. The molecule has 0 aromatic heterocycles. The van der Waals surface area contributed by atoms with E-state index in [1.165, 1.54) is 0 Å². The van der Waals surface area contributed by atoms with Crippen LogP contribution in [0, 0.1) is 0 Å². The summed E-state index contributed by atoms with van der Waals surface area (Å²) < 4.78 is 5.33. The molecule has 1 aromatic carbocycles. The highest BCUT2D eigenvalue weighted by Gasteiger charge is 2.23. The SMILES string of the molecule is O=C(CC1COCCN1)Nc1ccc(C(=O)NC2CC2)cc1. The fourth-order valence-electron chi connectivity index (χ4n) is 2.39. The highest BCUT2D eigenvalue weighted by molar-refractivity contribution is 5.96. The molecule has 1 heterocycles. The molecule has 0 radical (unpaired) electrons. The summed E-state index contributed by atoms with van der Waals surface area (Å²) in [5.41, 5.74) is 1.32. The zero-order valence-electron chi connectivity index (χ0n) is 12.4. The summed E-state index contributed by atoms with van der Waals surface area (Å²) in [6.07, 6.45) is 2.52. The Morgan fingerprint density at radius 3 is 2.64 bits per heavy atom. The Labute approximate surface area is 129 Å². The number of anilines is 1. The molecule has 1 saturated heterocycles. The van der Waals surface area contributed by atoms with Gasteiger partial charge in [0.2, 0.25) is 5.91 Å². The van der Waals surface area contributed by atoms with Crippen LogP contribution in [0.2, 0.25) is 0 Å². The first-order chi connectivity index (χ1) is 10.7. The van der Waals surface area contributed by atoms with Crippen LogP contribution in [0.5, 0.6) is 0 Å². The van der Waals surface area contributed by atoms with Gasteiger partial charge in [-0.25, -0.2) is 0 Å². The van der Waals surface area contributed by atoms with E-state index in [4.69, 9.17) is 4.74 Å². The van der Waals surface area contributed by atoms with E-state index in [9.17, 15) is 9.59 Å². The van der Waals surface area contributed by atoms with Crippen LogP contribution in [0.15, 0.2) is 24.3 Å². The number of ether oxygens (including phenoxy) is 1. The molecule has 1 aliphatic carbocycles. The summed E-state index contributed by atoms with van der Waals surface area (Å²) in [4.78, 5) is 23.8. The maximum absolute atomic E-state index is 12.0. The van der Waals surface area contributed by atoms with E-state index in [1.807, 2.05) is 0 Å². The summed E-state index contributed by atoms with van der Waals surface area (Å²) in [6.45, 7) is 2.04. The molecule has 3 rings (SSSR count). The third kappa shape index (κ3) is 4.29. The summed E-state index contributed by atoms with van der Waals surface area (Å²) >= 11 is 0. The zero-order chi connectivity index (χ0) is 15.4. The van der Waals surface area contributed by atoms with Crippen LogP contribution in [0.4, 0.5) is 5.69 Å². The number of morpholine rings is 1. The molecule has 118 valence electrons. The van der Waals surface area contributed by atoms with Gasteiger partial charge in [-0.2, -0.15) is 0 Å². The minimum atomic E-state index is -0.0572. The molecule has 1 saturated carbocycles. The van der Waals surface area contributed by atoms with Crippen molar-refractivity contribution in [3.05, 3.63) is 29.8 Å². The van der Waals surface area contributed by atoms with E-state index in [2.05, 4.69) is 16.0 Å². The van der Waals surface area contributed by atoms with Crippen LogP contribution in [0.3, 0.4) is 0 Å². The van der Waals surface area contributed by atoms with Gasteiger partial charge >= 0.3 is 0 Å². The van der Waals surface area contributed by atoms with Crippen LogP contribution in [0.1, 0.15) is 29.6 Å². The van der Waals surface area contributed by atoms with Gasteiger partial charge in [-0.3, -0.25) is 9.59 Å². The highest BCUT2D eigenvalue weighted by Crippen LogP contribution is 2.19. The first-order valence-corrected chi connectivity index (χ1v) is 7.72. The lowest BCUT2D eigenvalue weighted by Gasteiger charge is -2.23. The monoisotopic (exact) mass is 303 g/mol. The smallest absolute Gasteiger partial charge is 0.251 e. The number of nitrogens with one attached hydrogen (secondary N) is 3. The Morgan fingerprint density at radius 2 is 2.00 bits per heavy atom. The predicted octanol–water partition coefficient (Wildman–Crippen LogP) is 0.896. The first kappa shape index (κ1) is 15.0. The second kappa shape index (κ2) is 6.89. The number of carbonyl (C=O) groups is 2. The van der Waals surface area contributed by atoms with Gasteiger partial charge in [0.25, 0.3) is 5.91 Å². The Balaban J connectivity index is 1.49. The van der Waals surface area contributed by atoms with Crippen molar-refractivity contribution in [2.24, 2.45) is 0 Å². The normalized spacial score (nSPS) is 21.2. The molecular formula is C16H21N3O3. The molecule has 1 unspecified atom stereocenters. The van der Waals surface area contributed by atoms with Crippen molar-refractivity contribution in [2.75, 3.05) is 25.1 Å². The van der Waals surface area contributed by atoms with E-state index in [-0.39, 0.29) is 17.9 Å². The molecule has 1 aromatic rings. The first-order valence-electron chi connectivity index (χ1n) is 7.72. The van der Waals surface area contributed by atoms with Crippen LogP contribution in [-0.4, -0.2) is 43.7 Å². The maximum Gasteiger partial charge on any atom is 0.251 e. The van der Waals surface area contributed by atoms with Crippen LogP contribution in [-0.2, 0) is 9.53 Å². The van der Waals surface area contributed by atoms with Gasteiger partial charge in [-0.05, 0) is 37.1 Å². The van der Waals surface area contributed by atoms with Gasteiger partial charge in [0.15, 0.2) is 0 Å². The maximum atomic E-state index is 12.0. The van der Waals surface area contributed by atoms with Crippen LogP contribution in [0.25, 0.3) is 0 Å². The van der Waals surface area contributed by atoms with Crippen molar-refractivity contribution in [3.8, 4) is 0 Å². The summed E-state index contributed by atoms with van der Waals surface area (Å²) in [5.74, 6) is -0.109. The molecule has 6 nitrogen and oxygen atoms in total. The van der Waals surface area contributed by atoms with E-state index in [0.29, 0.717) is 36.9 Å². The van der Waals surface area contributed by atoms with Crippen molar-refractivity contribution >= 4 is 17.5 Å².